The molecule has 0 radical (unpaired) electrons. The minimum Gasteiger partial charge on any atom is -0.306 e. The molecule has 3 aliphatic heterocycles. The summed E-state index contributed by atoms with van der Waals surface area (Å²) in [6.07, 6.45) is 12.8. The Hall–Kier alpha value is -0.120. The molecule has 0 unspecified atom stereocenters. The van der Waals surface area contributed by atoms with Gasteiger partial charge in [0.2, 0.25) is 0 Å². The number of hydrogen-bond acceptors (Lipinski definition) is 3. The molecule has 0 bridgehead atoms. The molecule has 3 heterocycles. The molecule has 0 amide bonds. The van der Waals surface area contributed by atoms with Gasteiger partial charge in [-0.05, 0) is 98.9 Å². The quantitative estimate of drug-likeness (QED) is 0.679. The van der Waals surface area contributed by atoms with Crippen molar-refractivity contribution in [1.29, 1.82) is 0 Å². The van der Waals surface area contributed by atoms with Crippen molar-refractivity contribution < 1.29 is 0 Å². The summed E-state index contributed by atoms with van der Waals surface area (Å²) in [5, 5.41) is 0. The summed E-state index contributed by atoms with van der Waals surface area (Å²) in [6.45, 7) is 7.92. The SMILES string of the molecule is CN1CCCC1.CN1CCCCC1.CN1CCCCCC1. The molecule has 3 fully saturated rings. The van der Waals surface area contributed by atoms with Gasteiger partial charge in [0, 0.05) is 0 Å². The van der Waals surface area contributed by atoms with E-state index < -0.39 is 0 Å². The summed E-state index contributed by atoms with van der Waals surface area (Å²) in [5.74, 6) is 0. The Labute approximate surface area is 133 Å². The zero-order chi connectivity index (χ0) is 15.3. The zero-order valence-corrected chi connectivity index (χ0v) is 14.9. The maximum atomic E-state index is 2.42. The Balaban J connectivity index is 0.000000159. The second kappa shape index (κ2) is 12.4. The van der Waals surface area contributed by atoms with E-state index in [1.807, 2.05) is 0 Å². The summed E-state index contributed by atoms with van der Waals surface area (Å²) in [7, 11) is 6.58. The Morgan fingerprint density at radius 1 is 0.333 bits per heavy atom. The van der Waals surface area contributed by atoms with Gasteiger partial charge in [0.15, 0.2) is 0 Å². The minimum atomic E-state index is 1.32. The van der Waals surface area contributed by atoms with Crippen LogP contribution in [0.25, 0.3) is 0 Å². The monoisotopic (exact) mass is 297 g/mol. The van der Waals surface area contributed by atoms with Crippen LogP contribution in [-0.4, -0.2) is 75.1 Å². The summed E-state index contributed by atoms with van der Waals surface area (Å²) < 4.78 is 0. The number of nitrogens with zero attached hydrogens (tertiary/aromatic N) is 3. The van der Waals surface area contributed by atoms with E-state index in [0.29, 0.717) is 0 Å². The van der Waals surface area contributed by atoms with Crippen LogP contribution in [-0.2, 0) is 0 Å². The fraction of sp³-hybridized carbons (Fsp3) is 1.00. The Bertz CT molecular complexity index is 213. The largest absolute Gasteiger partial charge is 0.306 e. The van der Waals surface area contributed by atoms with Gasteiger partial charge in [0.1, 0.15) is 0 Å². The normalized spacial score (nSPS) is 25.3. The molecule has 3 rings (SSSR count). The molecule has 21 heavy (non-hydrogen) atoms. The Kier molecular flexibility index (Phi) is 11.2. The van der Waals surface area contributed by atoms with Crippen LogP contribution in [0.1, 0.15) is 57.8 Å². The van der Waals surface area contributed by atoms with Crippen LogP contribution in [0.4, 0.5) is 0 Å². The van der Waals surface area contributed by atoms with Gasteiger partial charge < -0.3 is 14.7 Å². The Morgan fingerprint density at radius 2 is 0.524 bits per heavy atom. The molecular formula is C18H39N3. The second-order valence-electron chi connectivity index (χ2n) is 7.09. The third kappa shape index (κ3) is 11.1. The second-order valence-corrected chi connectivity index (χ2v) is 7.09. The highest BCUT2D eigenvalue weighted by Gasteiger charge is 2.03. The van der Waals surface area contributed by atoms with Crippen LogP contribution in [0.2, 0.25) is 0 Å². The predicted molar refractivity (Wildman–Crippen MR) is 94.0 cm³/mol. The van der Waals surface area contributed by atoms with Gasteiger partial charge in [0.05, 0.1) is 0 Å². The fourth-order valence-electron chi connectivity index (χ4n) is 3.16. The van der Waals surface area contributed by atoms with Crippen molar-refractivity contribution >= 4 is 0 Å². The minimum absolute atomic E-state index is 1.32. The molecule has 0 aromatic carbocycles. The highest BCUT2D eigenvalue weighted by Crippen LogP contribution is 2.06. The number of hydrogen-bond donors (Lipinski definition) is 0. The van der Waals surface area contributed by atoms with Gasteiger partial charge in [-0.1, -0.05) is 19.3 Å². The van der Waals surface area contributed by atoms with E-state index in [2.05, 4.69) is 35.8 Å². The van der Waals surface area contributed by atoms with Crippen molar-refractivity contribution in [3.8, 4) is 0 Å². The standard InChI is InChI=1S/C7H15N.C6H13N.C5H11N/c1-8-6-4-2-3-5-7-8;1-7-5-3-2-4-6-7;1-6-4-2-3-5-6/h2-7H2,1H3;2-6H2,1H3;2-5H2,1H3. The summed E-state index contributed by atoms with van der Waals surface area (Å²) in [4.78, 5) is 7.18. The van der Waals surface area contributed by atoms with Crippen LogP contribution in [0.3, 0.4) is 0 Å². The molecule has 0 N–H and O–H groups in total. The zero-order valence-electron chi connectivity index (χ0n) is 14.9. The lowest BCUT2D eigenvalue weighted by Crippen LogP contribution is -2.24. The first-order chi connectivity index (χ1) is 10.2. The number of likely N-dealkylation sites (tertiary alicyclic amines) is 3. The molecule has 3 nitrogen and oxygen atoms in total. The molecule has 0 atom stereocenters. The third-order valence-electron chi connectivity index (χ3n) is 4.74. The van der Waals surface area contributed by atoms with Gasteiger partial charge >= 0.3 is 0 Å². The molecule has 0 saturated carbocycles. The number of rotatable bonds is 0. The molecular weight excluding hydrogens is 258 g/mol. The average molecular weight is 298 g/mol. The number of piperidine rings is 1. The van der Waals surface area contributed by atoms with Crippen LogP contribution in [0.15, 0.2) is 0 Å². The lowest BCUT2D eigenvalue weighted by Gasteiger charge is -2.20. The van der Waals surface area contributed by atoms with Crippen LogP contribution in [0.5, 0.6) is 0 Å². The molecule has 0 spiro atoms. The Morgan fingerprint density at radius 3 is 0.762 bits per heavy atom. The lowest BCUT2D eigenvalue weighted by atomic mass is 10.1. The third-order valence-corrected chi connectivity index (χ3v) is 4.74. The highest BCUT2D eigenvalue weighted by atomic mass is 15.1. The van der Waals surface area contributed by atoms with Gasteiger partial charge in [0.25, 0.3) is 0 Å². The summed E-state index contributed by atoms with van der Waals surface area (Å²) in [6, 6.07) is 0. The molecule has 0 aromatic heterocycles. The summed E-state index contributed by atoms with van der Waals surface area (Å²) >= 11 is 0. The van der Waals surface area contributed by atoms with Crippen molar-refractivity contribution in [2.75, 3.05) is 60.4 Å². The molecule has 0 aromatic rings. The molecule has 3 saturated heterocycles. The van der Waals surface area contributed by atoms with Crippen molar-refractivity contribution in [3.05, 3.63) is 0 Å². The van der Waals surface area contributed by atoms with Gasteiger partial charge in [-0.25, -0.2) is 0 Å². The fourth-order valence-corrected chi connectivity index (χ4v) is 3.16. The van der Waals surface area contributed by atoms with E-state index >= 15 is 0 Å². The van der Waals surface area contributed by atoms with Crippen molar-refractivity contribution in [1.82, 2.24) is 14.7 Å². The van der Waals surface area contributed by atoms with Crippen molar-refractivity contribution in [2.24, 2.45) is 0 Å². The topological polar surface area (TPSA) is 9.72 Å². The smallest absolute Gasteiger partial charge is 0.00213 e. The lowest BCUT2D eigenvalue weighted by molar-refractivity contribution is 0.277. The van der Waals surface area contributed by atoms with E-state index in [1.165, 1.54) is 97.1 Å². The van der Waals surface area contributed by atoms with E-state index in [0.717, 1.165) is 0 Å². The first-order valence-electron chi connectivity index (χ1n) is 9.24. The molecule has 126 valence electrons. The van der Waals surface area contributed by atoms with E-state index in [-0.39, 0.29) is 0 Å². The predicted octanol–water partition coefficient (Wildman–Crippen LogP) is 3.31. The van der Waals surface area contributed by atoms with E-state index in [1.54, 1.807) is 0 Å². The van der Waals surface area contributed by atoms with Crippen molar-refractivity contribution in [3.63, 3.8) is 0 Å². The van der Waals surface area contributed by atoms with Gasteiger partial charge in [-0.3, -0.25) is 0 Å². The molecule has 3 heteroatoms. The maximum Gasteiger partial charge on any atom is -0.00213 e. The highest BCUT2D eigenvalue weighted by molar-refractivity contribution is 4.59. The van der Waals surface area contributed by atoms with Crippen LogP contribution in [0, 0.1) is 0 Å². The first-order valence-corrected chi connectivity index (χ1v) is 9.24. The average Bonchev–Trinajstić information content (AvgIpc) is 2.83. The van der Waals surface area contributed by atoms with E-state index in [4.69, 9.17) is 0 Å². The van der Waals surface area contributed by atoms with Gasteiger partial charge in [-0.15, -0.1) is 0 Å². The molecule has 3 aliphatic rings. The van der Waals surface area contributed by atoms with Crippen LogP contribution < -0.4 is 0 Å². The van der Waals surface area contributed by atoms with Crippen molar-refractivity contribution in [2.45, 2.75) is 57.8 Å². The maximum absolute atomic E-state index is 2.42. The molecule has 0 aliphatic carbocycles. The first kappa shape index (κ1) is 18.9. The van der Waals surface area contributed by atoms with Gasteiger partial charge in [-0.2, -0.15) is 0 Å². The summed E-state index contributed by atoms with van der Waals surface area (Å²) in [5.41, 5.74) is 0. The van der Waals surface area contributed by atoms with E-state index in [9.17, 15) is 0 Å². The van der Waals surface area contributed by atoms with Crippen LogP contribution >= 0.6 is 0 Å².